The molecule has 39 heavy (non-hydrogen) atoms. The van der Waals surface area contributed by atoms with Gasteiger partial charge in [0.1, 0.15) is 11.8 Å². The van der Waals surface area contributed by atoms with E-state index >= 15 is 0 Å². The number of hydrogen-bond donors (Lipinski definition) is 3. The molecule has 1 atom stereocenters. The van der Waals surface area contributed by atoms with Crippen molar-refractivity contribution in [1.29, 1.82) is 0 Å². The number of aromatic hydroxyl groups is 1. The maximum absolute atomic E-state index is 13.0. The van der Waals surface area contributed by atoms with Crippen molar-refractivity contribution in [3.8, 4) is 22.7 Å². The van der Waals surface area contributed by atoms with E-state index < -0.39 is 17.9 Å². The second-order valence-electron chi connectivity index (χ2n) is 8.89. The van der Waals surface area contributed by atoms with Crippen LogP contribution in [0.4, 0.5) is 0 Å². The Bertz CT molecular complexity index is 1670. The Morgan fingerprint density at radius 2 is 1.92 bits per heavy atom. The van der Waals surface area contributed by atoms with Crippen LogP contribution in [0.3, 0.4) is 0 Å². The molecule has 8 nitrogen and oxygen atoms in total. The Kier molecular flexibility index (Phi) is 7.47. The van der Waals surface area contributed by atoms with Crippen LogP contribution in [0.5, 0.6) is 5.75 Å². The molecule has 0 aliphatic rings. The number of benzene rings is 3. The highest BCUT2D eigenvalue weighted by Gasteiger charge is 2.23. The summed E-state index contributed by atoms with van der Waals surface area (Å²) in [5.41, 5.74) is 4.59. The van der Waals surface area contributed by atoms with Gasteiger partial charge in [-0.3, -0.25) is 4.79 Å². The summed E-state index contributed by atoms with van der Waals surface area (Å²) in [5, 5.41) is 18.7. The summed E-state index contributed by atoms with van der Waals surface area (Å²) in [4.78, 5) is 28.7. The Labute approximate surface area is 229 Å². The van der Waals surface area contributed by atoms with Crippen molar-refractivity contribution in [2.24, 2.45) is 0 Å². The van der Waals surface area contributed by atoms with Crippen molar-refractivity contribution < 1.29 is 19.4 Å². The molecular formula is C30H25ClN4O4. The summed E-state index contributed by atoms with van der Waals surface area (Å²) in [7, 11) is 1.29. The molecule has 0 bridgehead atoms. The van der Waals surface area contributed by atoms with Gasteiger partial charge in [0.2, 0.25) is 5.91 Å². The van der Waals surface area contributed by atoms with Gasteiger partial charge in [0.25, 0.3) is 0 Å². The van der Waals surface area contributed by atoms with Crippen LogP contribution in [-0.2, 0) is 20.7 Å². The molecule has 2 heterocycles. The number of aromatic nitrogens is 3. The first-order valence-electron chi connectivity index (χ1n) is 12.2. The zero-order chi connectivity index (χ0) is 27.4. The number of ether oxygens (including phenoxy) is 1. The number of methoxy groups -OCH3 is 1. The second-order valence-corrected chi connectivity index (χ2v) is 9.32. The molecule has 5 aromatic rings. The third kappa shape index (κ3) is 5.86. The van der Waals surface area contributed by atoms with E-state index in [0.29, 0.717) is 16.3 Å². The molecule has 5 rings (SSSR count). The first kappa shape index (κ1) is 25.8. The number of halogens is 1. The quantitative estimate of drug-likeness (QED) is 0.183. The van der Waals surface area contributed by atoms with Crippen LogP contribution < -0.4 is 5.32 Å². The first-order valence-corrected chi connectivity index (χ1v) is 12.6. The molecule has 0 spiro atoms. The lowest BCUT2D eigenvalue weighted by Gasteiger charge is -2.15. The number of para-hydroxylation sites is 1. The van der Waals surface area contributed by atoms with Crippen molar-refractivity contribution in [3.05, 3.63) is 107 Å². The summed E-state index contributed by atoms with van der Waals surface area (Å²) >= 11 is 6.17. The van der Waals surface area contributed by atoms with Gasteiger partial charge in [0, 0.05) is 51.9 Å². The van der Waals surface area contributed by atoms with Crippen LogP contribution in [-0.4, -0.2) is 44.9 Å². The average Bonchev–Trinajstić information content (AvgIpc) is 3.56. The molecule has 0 aliphatic carbocycles. The zero-order valence-electron chi connectivity index (χ0n) is 21.0. The van der Waals surface area contributed by atoms with Gasteiger partial charge in [-0.05, 0) is 60.2 Å². The zero-order valence-corrected chi connectivity index (χ0v) is 21.7. The first-order chi connectivity index (χ1) is 18.9. The predicted octanol–water partition coefficient (Wildman–Crippen LogP) is 5.29. The number of hydrogen-bond acceptors (Lipinski definition) is 5. The fraction of sp³-hybridized carbons (Fsp3) is 0.100. The number of carbonyl (C=O) groups excluding carboxylic acids is 2. The predicted molar refractivity (Wildman–Crippen MR) is 151 cm³/mol. The van der Waals surface area contributed by atoms with Crippen LogP contribution in [0.25, 0.3) is 33.9 Å². The van der Waals surface area contributed by atoms with Crippen LogP contribution in [0.1, 0.15) is 11.1 Å². The number of nitrogens with zero attached hydrogens (tertiary/aromatic N) is 2. The van der Waals surface area contributed by atoms with E-state index in [1.54, 1.807) is 53.4 Å². The largest absolute Gasteiger partial charge is 0.508 e. The van der Waals surface area contributed by atoms with Gasteiger partial charge >= 0.3 is 5.97 Å². The van der Waals surface area contributed by atoms with Crippen LogP contribution in [0.15, 0.2) is 91.3 Å². The maximum atomic E-state index is 13.0. The van der Waals surface area contributed by atoms with E-state index in [1.165, 1.54) is 13.2 Å². The number of fused-ring (bicyclic) bond motifs is 1. The Morgan fingerprint density at radius 1 is 1.13 bits per heavy atom. The van der Waals surface area contributed by atoms with Gasteiger partial charge in [-0.2, -0.15) is 5.10 Å². The molecule has 0 fully saturated rings. The van der Waals surface area contributed by atoms with Crippen LogP contribution >= 0.6 is 11.6 Å². The Morgan fingerprint density at radius 3 is 2.69 bits per heavy atom. The number of carbonyl (C=O) groups is 2. The number of phenols is 1. The van der Waals surface area contributed by atoms with Crippen LogP contribution in [0.2, 0.25) is 5.02 Å². The SMILES string of the molecule is COC(=O)[C@H](Cc1c[nH]c2ccccc12)NC(=O)/C=C/c1cn(-c2cccc(Cl)c2)nc1-c1ccc(O)cc1. The third-order valence-electron chi connectivity index (χ3n) is 6.27. The lowest BCUT2D eigenvalue weighted by Crippen LogP contribution is -2.42. The summed E-state index contributed by atoms with van der Waals surface area (Å²) in [6, 6.07) is 20.7. The maximum Gasteiger partial charge on any atom is 0.328 e. The molecule has 0 radical (unpaired) electrons. The van der Waals surface area contributed by atoms with Crippen molar-refractivity contribution in [1.82, 2.24) is 20.1 Å². The third-order valence-corrected chi connectivity index (χ3v) is 6.51. The Hall–Kier alpha value is -4.82. The molecular weight excluding hydrogens is 516 g/mol. The van der Waals surface area contributed by atoms with Gasteiger partial charge in [-0.25, -0.2) is 9.48 Å². The number of esters is 1. The number of aromatic amines is 1. The van der Waals surface area contributed by atoms with Crippen LogP contribution in [0, 0.1) is 0 Å². The van der Waals surface area contributed by atoms with E-state index in [0.717, 1.165) is 27.7 Å². The molecule has 1 amide bonds. The molecule has 0 unspecified atom stereocenters. The summed E-state index contributed by atoms with van der Waals surface area (Å²) < 4.78 is 6.62. The van der Waals surface area contributed by atoms with E-state index in [4.69, 9.17) is 21.4 Å². The topological polar surface area (TPSA) is 109 Å². The van der Waals surface area contributed by atoms with E-state index in [1.807, 2.05) is 42.6 Å². The monoisotopic (exact) mass is 540 g/mol. The van der Waals surface area contributed by atoms with E-state index in [-0.39, 0.29) is 12.2 Å². The summed E-state index contributed by atoms with van der Waals surface area (Å²) in [6.07, 6.45) is 6.86. The fourth-order valence-corrected chi connectivity index (χ4v) is 4.53. The van der Waals surface area contributed by atoms with Gasteiger partial charge in [0.15, 0.2) is 0 Å². The molecule has 0 aliphatic heterocycles. The molecule has 9 heteroatoms. The van der Waals surface area contributed by atoms with Crippen molar-refractivity contribution in [2.45, 2.75) is 12.5 Å². The highest BCUT2D eigenvalue weighted by Crippen LogP contribution is 2.27. The number of rotatable bonds is 8. The molecule has 0 saturated carbocycles. The smallest absolute Gasteiger partial charge is 0.328 e. The van der Waals surface area contributed by atoms with Gasteiger partial charge in [0.05, 0.1) is 18.5 Å². The lowest BCUT2D eigenvalue weighted by atomic mass is 10.0. The Balaban J connectivity index is 1.41. The van der Waals surface area contributed by atoms with Gasteiger partial charge in [-0.1, -0.05) is 35.9 Å². The highest BCUT2D eigenvalue weighted by molar-refractivity contribution is 6.30. The van der Waals surface area contributed by atoms with Gasteiger partial charge < -0.3 is 20.1 Å². The number of amides is 1. The summed E-state index contributed by atoms with van der Waals surface area (Å²) in [5.74, 6) is -0.869. The summed E-state index contributed by atoms with van der Waals surface area (Å²) in [6.45, 7) is 0. The minimum atomic E-state index is -0.878. The lowest BCUT2D eigenvalue weighted by molar-refractivity contribution is -0.144. The number of nitrogens with one attached hydrogen (secondary N) is 2. The molecule has 2 aromatic heterocycles. The molecule has 3 aromatic carbocycles. The minimum absolute atomic E-state index is 0.133. The highest BCUT2D eigenvalue weighted by atomic mass is 35.5. The molecule has 196 valence electrons. The van der Waals surface area contributed by atoms with Crippen molar-refractivity contribution in [3.63, 3.8) is 0 Å². The second kappa shape index (κ2) is 11.3. The van der Waals surface area contributed by atoms with Gasteiger partial charge in [-0.15, -0.1) is 0 Å². The minimum Gasteiger partial charge on any atom is -0.508 e. The standard InChI is InChI=1S/C30H25ClN4O4/c1-39-30(38)27(15-21-17-32-26-8-3-2-7-25(21)26)33-28(37)14-11-20-18-35(23-6-4-5-22(31)16-23)34-29(20)19-9-12-24(36)13-10-19/h2-14,16-18,27,32,36H,15H2,1H3,(H,33,37)/b14-11+/t27-/m0/s1. The van der Waals surface area contributed by atoms with E-state index in [9.17, 15) is 14.7 Å². The number of H-pyrrole nitrogens is 1. The van der Waals surface area contributed by atoms with E-state index in [2.05, 4.69) is 10.3 Å². The average molecular weight is 541 g/mol. The number of phenolic OH excluding ortho intramolecular Hbond substituents is 1. The normalized spacial score (nSPS) is 12.1. The van der Waals surface area contributed by atoms with Crippen molar-refractivity contribution >= 4 is 40.5 Å². The van der Waals surface area contributed by atoms with Crippen molar-refractivity contribution in [2.75, 3.05) is 7.11 Å². The fourth-order valence-electron chi connectivity index (χ4n) is 4.35. The molecule has 3 N–H and O–H groups in total. The molecule has 0 saturated heterocycles.